The van der Waals surface area contributed by atoms with Crippen LogP contribution < -0.4 is 5.43 Å². The van der Waals surface area contributed by atoms with E-state index in [1.165, 1.54) is 0 Å². The van der Waals surface area contributed by atoms with Crippen LogP contribution in [0.2, 0.25) is 0 Å². The van der Waals surface area contributed by atoms with Crippen LogP contribution in [-0.4, -0.2) is 34.4 Å². The number of carbonyl (C=O) groups is 2. The molecule has 1 saturated carbocycles. The molecule has 1 aromatic rings. The predicted octanol–water partition coefficient (Wildman–Crippen LogP) is 2.27. The van der Waals surface area contributed by atoms with E-state index in [-0.39, 0.29) is 24.9 Å². The molecule has 27 heavy (non-hydrogen) atoms. The molecule has 1 fully saturated rings. The molecule has 2 N–H and O–H groups in total. The van der Waals surface area contributed by atoms with Gasteiger partial charge in [-0.25, -0.2) is 5.43 Å². The van der Waals surface area contributed by atoms with Gasteiger partial charge in [-0.3, -0.25) is 9.59 Å². The van der Waals surface area contributed by atoms with Gasteiger partial charge in [-0.05, 0) is 32.8 Å². The van der Waals surface area contributed by atoms with Crippen LogP contribution in [0, 0.1) is 17.2 Å². The highest BCUT2D eigenvalue weighted by Gasteiger charge is 2.46. The largest absolute Gasteiger partial charge is 0.462 e. The Bertz CT molecular complexity index is 750. The van der Waals surface area contributed by atoms with Gasteiger partial charge < -0.3 is 9.84 Å². The topological polar surface area (TPSA) is 112 Å². The zero-order valence-electron chi connectivity index (χ0n) is 15.8. The van der Waals surface area contributed by atoms with Crippen molar-refractivity contribution in [2.24, 2.45) is 11.0 Å². The summed E-state index contributed by atoms with van der Waals surface area (Å²) in [6.45, 7) is 5.21. The molecule has 0 aromatic heterocycles. The smallest absolute Gasteiger partial charge is 0.315 e. The van der Waals surface area contributed by atoms with E-state index in [9.17, 15) is 14.7 Å². The molecular formula is C20H25N3O4. The van der Waals surface area contributed by atoms with Crippen molar-refractivity contribution in [2.45, 2.75) is 57.7 Å². The third kappa shape index (κ3) is 5.63. The number of nitrogens with zero attached hydrogens (tertiary/aromatic N) is 2. The molecule has 0 saturated heterocycles. The summed E-state index contributed by atoms with van der Waals surface area (Å²) in [4.78, 5) is 24.5. The number of hydrogen-bond acceptors (Lipinski definition) is 6. The third-order valence-corrected chi connectivity index (χ3v) is 4.38. The standard InChI is InChI=1S/C20H25N3O4/c1-13(2)27-19(25)18-15(14-7-5-4-6-8-14)11-20(3,26)12-16(18)22-23-17(24)9-10-21/h4-8,13,15,18,26H,9,11-12H2,1-3H3,(H,23,24)/b22-16+. The van der Waals surface area contributed by atoms with E-state index < -0.39 is 23.4 Å². The zero-order chi connectivity index (χ0) is 20.0. The molecule has 0 spiro atoms. The van der Waals surface area contributed by atoms with Gasteiger partial charge in [0.2, 0.25) is 0 Å². The SMILES string of the molecule is CC(C)OC(=O)C1/C(=N/NC(=O)CC#N)CC(C)(O)CC1c1ccccc1. The van der Waals surface area contributed by atoms with Crippen molar-refractivity contribution in [3.05, 3.63) is 35.9 Å². The van der Waals surface area contributed by atoms with Gasteiger partial charge in [-0.1, -0.05) is 30.3 Å². The average molecular weight is 371 g/mol. The Morgan fingerprint density at radius 2 is 2.07 bits per heavy atom. The lowest BCUT2D eigenvalue weighted by Gasteiger charge is -2.39. The Morgan fingerprint density at radius 1 is 1.41 bits per heavy atom. The molecule has 0 aliphatic heterocycles. The first-order chi connectivity index (χ1) is 12.7. The molecule has 3 atom stereocenters. The van der Waals surface area contributed by atoms with Gasteiger partial charge in [0, 0.05) is 12.3 Å². The van der Waals surface area contributed by atoms with Crippen LogP contribution in [0.4, 0.5) is 0 Å². The minimum Gasteiger partial charge on any atom is -0.462 e. The fourth-order valence-corrected chi connectivity index (χ4v) is 3.37. The second-order valence-electron chi connectivity index (χ2n) is 7.33. The summed E-state index contributed by atoms with van der Waals surface area (Å²) >= 11 is 0. The fourth-order valence-electron chi connectivity index (χ4n) is 3.37. The number of hydrogen-bond donors (Lipinski definition) is 2. The fraction of sp³-hybridized carbons (Fsp3) is 0.500. The van der Waals surface area contributed by atoms with Crippen LogP contribution in [0.3, 0.4) is 0 Å². The van der Waals surface area contributed by atoms with Crippen LogP contribution >= 0.6 is 0 Å². The molecule has 1 aromatic carbocycles. The molecule has 0 heterocycles. The molecule has 3 unspecified atom stereocenters. The zero-order valence-corrected chi connectivity index (χ0v) is 15.8. The summed E-state index contributed by atoms with van der Waals surface area (Å²) in [6.07, 6.45) is -0.150. The summed E-state index contributed by atoms with van der Waals surface area (Å²) in [6, 6.07) is 11.2. The number of rotatable bonds is 5. The van der Waals surface area contributed by atoms with Crippen molar-refractivity contribution >= 4 is 17.6 Å². The first-order valence-electron chi connectivity index (χ1n) is 8.93. The molecule has 2 rings (SSSR count). The molecule has 0 bridgehead atoms. The van der Waals surface area contributed by atoms with Crippen LogP contribution in [-0.2, 0) is 14.3 Å². The van der Waals surface area contributed by atoms with Crippen molar-refractivity contribution in [3.8, 4) is 6.07 Å². The van der Waals surface area contributed by atoms with Gasteiger partial charge in [0.15, 0.2) is 0 Å². The maximum atomic E-state index is 12.8. The van der Waals surface area contributed by atoms with Crippen LogP contribution in [0.5, 0.6) is 0 Å². The van der Waals surface area contributed by atoms with Gasteiger partial charge in [0.1, 0.15) is 12.3 Å². The van der Waals surface area contributed by atoms with Crippen molar-refractivity contribution in [3.63, 3.8) is 0 Å². The Labute approximate surface area is 159 Å². The van der Waals surface area contributed by atoms with Crippen molar-refractivity contribution in [2.75, 3.05) is 0 Å². The average Bonchev–Trinajstić information content (AvgIpc) is 2.59. The third-order valence-electron chi connectivity index (χ3n) is 4.38. The second-order valence-corrected chi connectivity index (χ2v) is 7.33. The minimum absolute atomic E-state index is 0.126. The Balaban J connectivity index is 2.43. The van der Waals surface area contributed by atoms with E-state index in [0.717, 1.165) is 5.56 Å². The molecule has 1 aliphatic rings. The first-order valence-corrected chi connectivity index (χ1v) is 8.93. The number of nitriles is 1. The Hall–Kier alpha value is -2.72. The molecule has 144 valence electrons. The van der Waals surface area contributed by atoms with E-state index in [1.54, 1.807) is 26.8 Å². The van der Waals surface area contributed by atoms with E-state index in [4.69, 9.17) is 10.00 Å². The summed E-state index contributed by atoms with van der Waals surface area (Å²) in [5.74, 6) is -2.07. The quantitative estimate of drug-likeness (QED) is 0.609. The number of aliphatic hydroxyl groups is 1. The molecule has 1 aliphatic carbocycles. The maximum absolute atomic E-state index is 12.8. The highest BCUT2D eigenvalue weighted by Crippen LogP contribution is 2.41. The Kier molecular flexibility index (Phi) is 6.70. The van der Waals surface area contributed by atoms with Crippen molar-refractivity contribution in [1.82, 2.24) is 5.43 Å². The number of benzene rings is 1. The van der Waals surface area contributed by atoms with Gasteiger partial charge >= 0.3 is 5.97 Å². The molecule has 7 nitrogen and oxygen atoms in total. The lowest BCUT2D eigenvalue weighted by atomic mass is 9.68. The molecule has 0 radical (unpaired) electrons. The summed E-state index contributed by atoms with van der Waals surface area (Å²) in [7, 11) is 0. The predicted molar refractivity (Wildman–Crippen MR) is 99.6 cm³/mol. The molecule has 1 amide bonds. The van der Waals surface area contributed by atoms with E-state index >= 15 is 0 Å². The lowest BCUT2D eigenvalue weighted by Crippen LogP contribution is -2.46. The maximum Gasteiger partial charge on any atom is 0.315 e. The highest BCUT2D eigenvalue weighted by atomic mass is 16.5. The number of amides is 1. The molecule has 7 heteroatoms. The van der Waals surface area contributed by atoms with E-state index in [2.05, 4.69) is 10.5 Å². The minimum atomic E-state index is -1.09. The lowest BCUT2D eigenvalue weighted by molar-refractivity contribution is -0.151. The van der Waals surface area contributed by atoms with E-state index in [1.807, 2.05) is 30.3 Å². The number of hydrazone groups is 1. The van der Waals surface area contributed by atoms with Gasteiger partial charge in [0.25, 0.3) is 5.91 Å². The number of nitrogens with one attached hydrogen (secondary N) is 1. The van der Waals surface area contributed by atoms with Crippen LogP contribution in [0.1, 0.15) is 51.5 Å². The second kappa shape index (κ2) is 8.78. The first kappa shape index (κ1) is 20.6. The monoisotopic (exact) mass is 371 g/mol. The normalized spacial score (nSPS) is 26.4. The van der Waals surface area contributed by atoms with Gasteiger partial charge in [-0.15, -0.1) is 0 Å². The molecular weight excluding hydrogens is 346 g/mol. The number of esters is 1. The van der Waals surface area contributed by atoms with Crippen LogP contribution in [0.25, 0.3) is 0 Å². The van der Waals surface area contributed by atoms with Crippen LogP contribution in [0.15, 0.2) is 35.4 Å². The highest BCUT2D eigenvalue weighted by molar-refractivity contribution is 6.04. The Morgan fingerprint density at radius 3 is 2.67 bits per heavy atom. The van der Waals surface area contributed by atoms with Crippen molar-refractivity contribution in [1.29, 1.82) is 5.26 Å². The summed E-state index contributed by atoms with van der Waals surface area (Å²) in [5, 5.41) is 23.4. The summed E-state index contributed by atoms with van der Waals surface area (Å²) in [5.41, 5.74) is 2.45. The van der Waals surface area contributed by atoms with E-state index in [0.29, 0.717) is 12.1 Å². The van der Waals surface area contributed by atoms with Gasteiger partial charge in [0.05, 0.1) is 23.5 Å². The van der Waals surface area contributed by atoms with Gasteiger partial charge in [-0.2, -0.15) is 10.4 Å². The van der Waals surface area contributed by atoms with Crippen molar-refractivity contribution < 1.29 is 19.4 Å². The number of ether oxygens (including phenoxy) is 1. The summed E-state index contributed by atoms with van der Waals surface area (Å²) < 4.78 is 5.43. The number of carbonyl (C=O) groups excluding carboxylic acids is 2.